The van der Waals surface area contributed by atoms with Crippen LogP contribution in [-0.2, 0) is 9.59 Å². The van der Waals surface area contributed by atoms with Gasteiger partial charge in [0, 0.05) is 0 Å². The van der Waals surface area contributed by atoms with Crippen LogP contribution in [0.3, 0.4) is 0 Å². The van der Waals surface area contributed by atoms with E-state index in [0.717, 1.165) is 90.5 Å². The number of hydrogen-bond acceptors (Lipinski definition) is 4. The first kappa shape index (κ1) is 32.8. The molecule has 0 aliphatic heterocycles. The van der Waals surface area contributed by atoms with Crippen LogP contribution in [0.4, 0.5) is 0 Å². The number of carbonyl (C=O) groups excluding carboxylic acids is 2. The van der Waals surface area contributed by atoms with Crippen molar-refractivity contribution in [3.63, 3.8) is 0 Å². The highest BCUT2D eigenvalue weighted by Crippen LogP contribution is 2.47. The minimum atomic E-state index is -1.27. The number of nitrogens with one attached hydrogen (secondary N) is 2. The van der Waals surface area contributed by atoms with Crippen molar-refractivity contribution in [1.82, 2.24) is 10.6 Å². The van der Waals surface area contributed by atoms with E-state index in [2.05, 4.69) is 47.0 Å². The Morgan fingerprint density at radius 2 is 0.854 bits per heavy atom. The minimum Gasteiger partial charge on any atom is -0.387 e. The second-order valence-corrected chi connectivity index (χ2v) is 14.9. The molecule has 3 fully saturated rings. The number of rotatable bonds is 8. The molecule has 4 N–H and O–H groups in total. The van der Waals surface area contributed by atoms with Crippen molar-refractivity contribution in [2.24, 2.45) is 5.41 Å². The van der Waals surface area contributed by atoms with Gasteiger partial charge in [0.2, 0.25) is 11.8 Å². The normalized spacial score (nSPS) is 21.6. The molecule has 3 aliphatic rings. The average molecular weight is 647 g/mol. The maximum Gasteiger partial charge on any atom is 0.236 e. The van der Waals surface area contributed by atoms with E-state index < -0.39 is 28.7 Å². The lowest BCUT2D eigenvalue weighted by Crippen LogP contribution is -2.60. The molecule has 3 aliphatic carbocycles. The molecule has 4 aromatic carbocycles. The van der Waals surface area contributed by atoms with Gasteiger partial charge in [0.15, 0.2) is 0 Å². The van der Waals surface area contributed by atoms with E-state index >= 15 is 0 Å². The first-order valence-corrected chi connectivity index (χ1v) is 18.4. The number of hydrogen-bond donors (Lipinski definition) is 4. The number of aliphatic hydroxyl groups is 2. The van der Waals surface area contributed by atoms with Gasteiger partial charge in [0.1, 0.15) is 5.41 Å². The maximum absolute atomic E-state index is 14.7. The minimum absolute atomic E-state index is 0.327. The van der Waals surface area contributed by atoms with Crippen LogP contribution in [0.15, 0.2) is 84.9 Å². The van der Waals surface area contributed by atoms with E-state index in [1.54, 1.807) is 0 Å². The Bertz CT molecular complexity index is 1630. The maximum atomic E-state index is 14.7. The smallest absolute Gasteiger partial charge is 0.236 e. The molecule has 0 bridgehead atoms. The molecule has 6 heteroatoms. The van der Waals surface area contributed by atoms with Crippen molar-refractivity contribution in [2.75, 3.05) is 0 Å². The molecule has 0 heterocycles. The Kier molecular flexibility index (Phi) is 9.32. The highest BCUT2D eigenvalue weighted by Gasteiger charge is 2.54. The molecule has 0 aromatic heterocycles. The Morgan fingerprint density at radius 3 is 1.23 bits per heavy atom. The van der Waals surface area contributed by atoms with E-state index in [-0.39, 0.29) is 11.8 Å². The predicted octanol–water partition coefficient (Wildman–Crippen LogP) is 8.35. The summed E-state index contributed by atoms with van der Waals surface area (Å²) in [5.41, 5.74) is -1.74. The molecule has 2 amide bonds. The van der Waals surface area contributed by atoms with Crippen molar-refractivity contribution in [3.05, 3.63) is 96.1 Å². The van der Waals surface area contributed by atoms with Gasteiger partial charge in [-0.3, -0.25) is 9.59 Å². The molecule has 0 unspecified atom stereocenters. The third-order valence-corrected chi connectivity index (χ3v) is 11.9. The number of amides is 2. The van der Waals surface area contributed by atoms with E-state index in [1.807, 2.05) is 48.5 Å². The summed E-state index contributed by atoms with van der Waals surface area (Å²) in [6.45, 7) is 0. The highest BCUT2D eigenvalue weighted by molar-refractivity contribution is 6.06. The standard InChI is InChI=1S/C42H50N2O4/c45-38(43-36(41(47)26-9-1-2-10-27-41)34-22-13-18-30-16-5-7-20-32(30)34)40(24-15-25-40)39(46)44-37(42(48)28-11-3-4-12-29-42)35-23-14-19-31-17-6-8-21-33(31)35/h5-8,13-14,16-23,36-37,47-48H,1-4,9-12,15,24-29H2,(H,43,45)(H,44,46)/t36-,37-/m0/s1. The third kappa shape index (κ3) is 6.14. The van der Waals surface area contributed by atoms with Crippen molar-refractivity contribution < 1.29 is 19.8 Å². The van der Waals surface area contributed by atoms with Gasteiger partial charge in [-0.05, 0) is 71.2 Å². The van der Waals surface area contributed by atoms with Crippen LogP contribution in [0.2, 0.25) is 0 Å². The molecule has 2 atom stereocenters. The summed E-state index contributed by atoms with van der Waals surface area (Å²) in [4.78, 5) is 29.4. The first-order valence-electron chi connectivity index (χ1n) is 18.4. The summed E-state index contributed by atoms with van der Waals surface area (Å²) in [6, 6.07) is 27.0. The van der Waals surface area contributed by atoms with Gasteiger partial charge in [-0.2, -0.15) is 0 Å². The molecule has 252 valence electrons. The summed E-state index contributed by atoms with van der Waals surface area (Å²) in [7, 11) is 0. The topological polar surface area (TPSA) is 98.7 Å². The van der Waals surface area contributed by atoms with Gasteiger partial charge in [-0.1, -0.05) is 143 Å². The van der Waals surface area contributed by atoms with E-state index in [1.165, 1.54) is 0 Å². The molecule has 3 saturated carbocycles. The van der Waals surface area contributed by atoms with Crippen LogP contribution in [0.25, 0.3) is 21.5 Å². The molecule has 6 nitrogen and oxygen atoms in total. The fourth-order valence-corrected chi connectivity index (χ4v) is 8.89. The molecular weight excluding hydrogens is 596 g/mol. The third-order valence-electron chi connectivity index (χ3n) is 11.9. The second kappa shape index (κ2) is 13.6. The summed E-state index contributed by atoms with van der Waals surface area (Å²) in [5, 5.41) is 35.4. The summed E-state index contributed by atoms with van der Waals surface area (Å²) >= 11 is 0. The predicted molar refractivity (Wildman–Crippen MR) is 191 cm³/mol. The Hall–Kier alpha value is -3.74. The molecule has 0 spiro atoms. The zero-order valence-electron chi connectivity index (χ0n) is 28.1. The molecule has 4 aromatic rings. The second-order valence-electron chi connectivity index (χ2n) is 14.9. The number of carbonyl (C=O) groups is 2. The van der Waals surface area contributed by atoms with E-state index in [9.17, 15) is 19.8 Å². The largest absolute Gasteiger partial charge is 0.387 e. The lowest BCUT2D eigenvalue weighted by atomic mass is 9.66. The number of benzene rings is 4. The average Bonchev–Trinajstić information content (AvgIpc) is 3.45. The highest BCUT2D eigenvalue weighted by atomic mass is 16.3. The molecule has 7 rings (SSSR count). The van der Waals surface area contributed by atoms with Crippen molar-refractivity contribution in [3.8, 4) is 0 Å². The van der Waals surface area contributed by atoms with Gasteiger partial charge in [0.25, 0.3) is 0 Å². The zero-order valence-corrected chi connectivity index (χ0v) is 28.1. The molecule has 0 saturated heterocycles. The van der Waals surface area contributed by atoms with Crippen molar-refractivity contribution in [2.45, 2.75) is 120 Å². The van der Waals surface area contributed by atoms with Gasteiger partial charge in [-0.25, -0.2) is 0 Å². The summed E-state index contributed by atoms with van der Waals surface area (Å²) < 4.78 is 0. The monoisotopic (exact) mass is 646 g/mol. The van der Waals surface area contributed by atoms with Crippen LogP contribution >= 0.6 is 0 Å². The quantitative estimate of drug-likeness (QED) is 0.114. The Morgan fingerprint density at radius 1 is 0.479 bits per heavy atom. The van der Waals surface area contributed by atoms with Crippen LogP contribution in [0, 0.1) is 5.41 Å². The molecule has 48 heavy (non-hydrogen) atoms. The van der Waals surface area contributed by atoms with Crippen LogP contribution in [0.5, 0.6) is 0 Å². The van der Waals surface area contributed by atoms with Gasteiger partial charge in [0.05, 0.1) is 23.3 Å². The van der Waals surface area contributed by atoms with Crippen molar-refractivity contribution >= 4 is 33.4 Å². The van der Waals surface area contributed by atoms with Gasteiger partial charge in [-0.15, -0.1) is 0 Å². The van der Waals surface area contributed by atoms with Crippen molar-refractivity contribution in [1.29, 1.82) is 0 Å². The van der Waals surface area contributed by atoms with Gasteiger partial charge < -0.3 is 20.8 Å². The fourth-order valence-electron chi connectivity index (χ4n) is 8.89. The zero-order chi connectivity index (χ0) is 33.2. The van der Waals surface area contributed by atoms with Crippen LogP contribution in [0.1, 0.15) is 120 Å². The Balaban J connectivity index is 1.24. The lowest BCUT2D eigenvalue weighted by Gasteiger charge is -2.45. The summed E-state index contributed by atoms with van der Waals surface area (Å²) in [6.07, 6.45) is 11.8. The lowest BCUT2D eigenvalue weighted by molar-refractivity contribution is -0.153. The fraction of sp³-hybridized carbons (Fsp3) is 0.476. The molecular formula is C42H50N2O4. The van der Waals surface area contributed by atoms with Gasteiger partial charge >= 0.3 is 0 Å². The number of fused-ring (bicyclic) bond motifs is 2. The van der Waals surface area contributed by atoms with Crippen LogP contribution in [-0.4, -0.2) is 33.2 Å². The van der Waals surface area contributed by atoms with E-state index in [0.29, 0.717) is 38.5 Å². The van der Waals surface area contributed by atoms with E-state index in [4.69, 9.17) is 0 Å². The first-order chi connectivity index (χ1) is 23.3. The van der Waals surface area contributed by atoms with Crippen LogP contribution < -0.4 is 10.6 Å². The Labute approximate surface area is 284 Å². The summed E-state index contributed by atoms with van der Waals surface area (Å²) in [5.74, 6) is -0.655. The SMILES string of the molecule is O=C(N[C@@H](c1cccc2ccccc12)C1(O)CCCCCC1)C1(C(=O)N[C@@H](c2cccc3ccccc23)C2(O)CCCCCC2)CCC1. The molecule has 0 radical (unpaired) electrons.